The molecule has 7 aliphatic heterocycles. The van der Waals surface area contributed by atoms with E-state index in [2.05, 4.69) is 286 Å². The third kappa shape index (κ3) is 6.21. The number of rotatable bonds is 6. The van der Waals surface area contributed by atoms with Crippen molar-refractivity contribution in [1.82, 2.24) is 0 Å². The third-order valence-corrected chi connectivity index (χ3v) is 20.0. The molecule has 0 spiro atoms. The third-order valence-electron chi connectivity index (χ3n) is 20.0. The molecule has 0 aromatic heterocycles. The predicted octanol–water partition coefficient (Wildman–Crippen LogP) is 10.9. The number of nitrogens with zero attached hydrogens (tertiary/aromatic N) is 4. The van der Waals surface area contributed by atoms with Crippen molar-refractivity contribution in [2.24, 2.45) is 0 Å². The Kier molecular flexibility index (Phi) is 9.86. The van der Waals surface area contributed by atoms with E-state index in [1.807, 2.05) is 0 Å². The molecule has 83 heavy (non-hydrogen) atoms. The molecule has 0 unspecified atom stereocenters. The molecule has 4 nitrogen and oxygen atoms in total. The largest absolute Gasteiger partial charge is 0.312 e. The first-order chi connectivity index (χ1) is 40.7. The summed E-state index contributed by atoms with van der Waals surface area (Å²) in [6, 6.07) is 87.0. The van der Waals surface area contributed by atoms with E-state index in [0.717, 1.165) is 5.69 Å². The average molecular weight is 1060 g/mol. The second kappa shape index (κ2) is 17.2. The SMILES string of the molecule is CC(C)c1cc(C(C)C)c(B2c3ccc(-c4ccccc4)cc3N(c3ccccc3)c3cc4c(cc32)B2c3ccccc3N3c5ccccc5B5c6ccccc6N6c7ccccc7B7c8ccccc8N4c4c7c6c5c3c42)c(C(C)C)c1. The first-order valence-electron chi connectivity index (χ1n) is 30.2. The summed E-state index contributed by atoms with van der Waals surface area (Å²) < 4.78 is 0. The zero-order valence-corrected chi connectivity index (χ0v) is 47.7. The molecule has 0 aliphatic carbocycles. The van der Waals surface area contributed by atoms with Crippen molar-refractivity contribution < 1.29 is 0 Å². The number of para-hydroxylation sites is 6. The van der Waals surface area contributed by atoms with E-state index in [9.17, 15) is 0 Å². The molecule has 0 radical (unpaired) electrons. The van der Waals surface area contributed by atoms with Crippen LogP contribution in [0.3, 0.4) is 0 Å². The van der Waals surface area contributed by atoms with Crippen molar-refractivity contribution in [3.8, 4) is 11.1 Å². The van der Waals surface area contributed by atoms with Crippen molar-refractivity contribution in [2.45, 2.75) is 59.3 Å². The van der Waals surface area contributed by atoms with Crippen LogP contribution in [0.25, 0.3) is 11.1 Å². The smallest absolute Gasteiger partial charge is 0.252 e. The minimum atomic E-state index is -0.0738. The highest BCUT2D eigenvalue weighted by atomic mass is 15.2. The fourth-order valence-electron chi connectivity index (χ4n) is 16.6. The van der Waals surface area contributed by atoms with Crippen molar-refractivity contribution in [1.29, 1.82) is 0 Å². The molecular formula is C75H58B4N4. The highest BCUT2D eigenvalue weighted by Gasteiger charge is 2.58. The van der Waals surface area contributed by atoms with E-state index in [0.29, 0.717) is 17.8 Å². The van der Waals surface area contributed by atoms with Crippen LogP contribution in [0.2, 0.25) is 0 Å². The summed E-state index contributed by atoms with van der Waals surface area (Å²) in [6.45, 7) is 14.3. The summed E-state index contributed by atoms with van der Waals surface area (Å²) in [6.07, 6.45) is 0. The Labute approximate surface area is 489 Å². The maximum atomic E-state index is 2.76. The molecule has 7 aliphatic rings. The highest BCUT2D eigenvalue weighted by molar-refractivity contribution is 7.09. The molecule has 11 aromatic carbocycles. The monoisotopic (exact) mass is 1060 g/mol. The lowest BCUT2D eigenvalue weighted by Gasteiger charge is -2.56. The standard InChI is InChI=1S/C75H58B4N4/c1-44(2)49-39-51(45(3)4)69(52(40-49)46(5)6)78-58-38-37-48(47-23-9-7-10-24-47)41-66(58)80(50-25-11-8-12-26-50)67-43-68-60(42-59(67)78)79-57-31-17-21-35-64(57)82-63-34-20-14-28-54(63)76-53-27-13-18-32-61(53)81-62-33-19-15-29-55(62)77-56-30-16-22-36-65(56)83(68)75-71(77)73(81)70(76)74(82)72(75)79/h7-46H,1-6H3. The second-order valence-electron chi connectivity index (χ2n) is 25.2. The predicted molar refractivity (Wildman–Crippen MR) is 358 cm³/mol. The van der Waals surface area contributed by atoms with Gasteiger partial charge in [-0.05, 0) is 160 Å². The van der Waals surface area contributed by atoms with E-state index in [4.69, 9.17) is 0 Å². The van der Waals surface area contributed by atoms with Gasteiger partial charge in [-0.25, -0.2) is 0 Å². The van der Waals surface area contributed by atoms with Crippen LogP contribution in [-0.2, 0) is 0 Å². The molecule has 0 N–H and O–H groups in total. The Morgan fingerprint density at radius 3 is 1.04 bits per heavy atom. The van der Waals surface area contributed by atoms with Gasteiger partial charge in [0.2, 0.25) is 6.71 Å². The topological polar surface area (TPSA) is 13.0 Å². The van der Waals surface area contributed by atoms with Gasteiger partial charge in [-0.2, -0.15) is 0 Å². The summed E-state index contributed by atoms with van der Waals surface area (Å²) in [4.78, 5) is 10.8. The van der Waals surface area contributed by atoms with Crippen molar-refractivity contribution >= 4 is 161 Å². The number of hydrogen-bond donors (Lipinski definition) is 0. The number of anilines is 12. The Morgan fingerprint density at radius 2 is 0.602 bits per heavy atom. The van der Waals surface area contributed by atoms with Crippen LogP contribution in [0, 0.1) is 0 Å². The summed E-state index contributed by atoms with van der Waals surface area (Å²) in [7, 11) is 0. The Bertz CT molecular complexity index is 4580. The first kappa shape index (κ1) is 47.5. The van der Waals surface area contributed by atoms with Crippen LogP contribution in [0.1, 0.15) is 76.0 Å². The molecule has 0 amide bonds. The van der Waals surface area contributed by atoms with Gasteiger partial charge in [0.05, 0.1) is 0 Å². The molecule has 11 aromatic rings. The van der Waals surface area contributed by atoms with Gasteiger partial charge < -0.3 is 19.6 Å². The zero-order valence-electron chi connectivity index (χ0n) is 47.7. The molecule has 0 saturated carbocycles. The molecule has 0 fully saturated rings. The van der Waals surface area contributed by atoms with E-state index >= 15 is 0 Å². The Hall–Kier alpha value is -9.12. The highest BCUT2D eigenvalue weighted by Crippen LogP contribution is 2.52. The summed E-state index contributed by atoms with van der Waals surface area (Å²) in [5, 5.41) is 0. The van der Waals surface area contributed by atoms with Crippen LogP contribution in [0.5, 0.6) is 0 Å². The fraction of sp³-hybridized carbons (Fsp3) is 0.120. The van der Waals surface area contributed by atoms with E-state index in [-0.39, 0.29) is 26.9 Å². The van der Waals surface area contributed by atoms with Crippen LogP contribution >= 0.6 is 0 Å². The quantitative estimate of drug-likeness (QED) is 0.154. The van der Waals surface area contributed by atoms with Gasteiger partial charge in [0.15, 0.2) is 0 Å². The molecule has 0 saturated heterocycles. The van der Waals surface area contributed by atoms with E-state index in [1.165, 1.54) is 156 Å². The normalized spacial score (nSPS) is 14.5. The lowest BCUT2D eigenvalue weighted by molar-refractivity contribution is 0.812. The van der Waals surface area contributed by atoms with Crippen LogP contribution < -0.4 is 85.2 Å². The zero-order chi connectivity index (χ0) is 55.3. The van der Waals surface area contributed by atoms with Crippen LogP contribution in [0.15, 0.2) is 224 Å². The van der Waals surface area contributed by atoms with Gasteiger partial charge in [0.1, 0.15) is 0 Å². The average Bonchev–Trinajstić information content (AvgIpc) is 0.788. The summed E-state index contributed by atoms with van der Waals surface area (Å²) >= 11 is 0. The van der Waals surface area contributed by atoms with Gasteiger partial charge in [-0.15, -0.1) is 0 Å². The molecule has 0 atom stereocenters. The van der Waals surface area contributed by atoms with Crippen molar-refractivity contribution in [2.75, 3.05) is 19.6 Å². The molecule has 18 rings (SSSR count). The minimum absolute atomic E-state index is 0.0150. The van der Waals surface area contributed by atoms with Crippen LogP contribution in [-0.4, -0.2) is 26.9 Å². The summed E-state index contributed by atoms with van der Waals surface area (Å²) in [5.41, 5.74) is 38.6. The second-order valence-corrected chi connectivity index (χ2v) is 25.2. The molecule has 0 bridgehead atoms. The Balaban J connectivity index is 1.02. The maximum Gasteiger partial charge on any atom is 0.252 e. The van der Waals surface area contributed by atoms with Gasteiger partial charge in [-0.1, -0.05) is 217 Å². The Morgan fingerprint density at radius 1 is 0.253 bits per heavy atom. The van der Waals surface area contributed by atoms with Crippen molar-refractivity contribution in [3.63, 3.8) is 0 Å². The number of benzene rings is 11. The van der Waals surface area contributed by atoms with E-state index in [1.54, 1.807) is 0 Å². The minimum Gasteiger partial charge on any atom is -0.312 e. The number of fused-ring (bicyclic) bond motifs is 20. The van der Waals surface area contributed by atoms with E-state index < -0.39 is 0 Å². The van der Waals surface area contributed by atoms with Gasteiger partial charge in [0, 0.05) is 68.2 Å². The lowest BCUT2D eigenvalue weighted by atomic mass is 9.24. The first-order valence-corrected chi connectivity index (χ1v) is 30.2. The molecule has 7 heterocycles. The number of hydrogen-bond acceptors (Lipinski definition) is 4. The fourth-order valence-corrected chi connectivity index (χ4v) is 16.6. The molecule has 8 heteroatoms. The lowest BCUT2D eigenvalue weighted by Crippen LogP contribution is -2.75. The maximum absolute atomic E-state index is 2.76. The van der Waals surface area contributed by atoms with Gasteiger partial charge in [0.25, 0.3) is 20.1 Å². The summed E-state index contributed by atoms with van der Waals surface area (Å²) in [5.74, 6) is 0.989. The van der Waals surface area contributed by atoms with Crippen LogP contribution in [0.4, 0.5) is 68.2 Å². The molecular weight excluding hydrogens is 1000 g/mol. The van der Waals surface area contributed by atoms with Gasteiger partial charge in [-0.3, -0.25) is 0 Å². The van der Waals surface area contributed by atoms with Crippen molar-refractivity contribution in [3.05, 3.63) is 241 Å². The molecule has 390 valence electrons. The van der Waals surface area contributed by atoms with Gasteiger partial charge >= 0.3 is 0 Å².